The number of unbranched alkanes of at least 4 members (excludes halogenated alkanes) is 9. The van der Waals surface area contributed by atoms with Crippen LogP contribution in [-0.4, -0.2) is 55.6 Å². The first-order chi connectivity index (χ1) is 13.7. The largest absolute Gasteiger partial charge is 0.331 e. The van der Waals surface area contributed by atoms with Crippen LogP contribution < -0.4 is 0 Å². The third kappa shape index (κ3) is 18.0. The number of quaternary nitrogens is 1. The van der Waals surface area contributed by atoms with Gasteiger partial charge in [-0.1, -0.05) is 64.0 Å². The van der Waals surface area contributed by atoms with Gasteiger partial charge in [-0.3, -0.25) is 4.57 Å². The third-order valence-electron chi connectivity index (χ3n) is 5.17. The topological polar surface area (TPSA) is 63.6 Å². The second-order valence-corrected chi connectivity index (χ2v) is 11.3. The summed E-state index contributed by atoms with van der Waals surface area (Å²) in [6, 6.07) is 0. The molecule has 0 rings (SSSR count). The summed E-state index contributed by atoms with van der Waals surface area (Å²) < 4.78 is 18.5. The highest BCUT2D eigenvalue weighted by Gasteiger charge is 2.32. The number of hydrogen-bond donors (Lipinski definition) is 1. The lowest BCUT2D eigenvalue weighted by Crippen LogP contribution is -2.37. The van der Waals surface area contributed by atoms with Crippen molar-refractivity contribution >= 4 is 13.9 Å². The Morgan fingerprint density at radius 1 is 0.931 bits per heavy atom. The molecule has 1 N–H and O–H groups in total. The maximum absolute atomic E-state index is 12.5. The van der Waals surface area contributed by atoms with Gasteiger partial charge in [0.2, 0.25) is 0 Å². The van der Waals surface area contributed by atoms with Gasteiger partial charge in [-0.15, -0.1) is 0 Å². The zero-order valence-electron chi connectivity index (χ0n) is 19.5. The molecule has 2 atom stereocenters. The molecule has 0 aliphatic heterocycles. The van der Waals surface area contributed by atoms with Gasteiger partial charge < -0.3 is 18.7 Å². The molecule has 0 heterocycles. The molecule has 0 aliphatic rings. The summed E-state index contributed by atoms with van der Waals surface area (Å²) >= 11 is 0. The van der Waals surface area contributed by atoms with E-state index in [0.717, 1.165) is 32.0 Å². The van der Waals surface area contributed by atoms with Gasteiger partial charge in [-0.25, -0.2) is 0 Å². The van der Waals surface area contributed by atoms with E-state index in [1.54, 1.807) is 0 Å². The molecule has 0 amide bonds. The minimum absolute atomic E-state index is 0.0936. The zero-order chi connectivity index (χ0) is 22.0. The van der Waals surface area contributed by atoms with E-state index in [2.05, 4.69) is 19.1 Å². The molecule has 0 spiro atoms. The van der Waals surface area contributed by atoms with Crippen LogP contribution in [0.5, 0.6) is 0 Å². The van der Waals surface area contributed by atoms with Crippen molar-refractivity contribution in [2.45, 2.75) is 96.1 Å². The Kier molecular flexibility index (Phi) is 16.9. The SMILES string of the molecule is CCCCCCCC/C=C\CCCCCC(CC=O)P(=O)(O)OCC[N+](C)(C)C. The first-order valence-electron chi connectivity index (χ1n) is 11.6. The molecule has 0 radical (unpaired) electrons. The Hall–Kier alpha value is -0.480. The summed E-state index contributed by atoms with van der Waals surface area (Å²) in [5, 5.41) is 0. The predicted molar refractivity (Wildman–Crippen MR) is 123 cm³/mol. The summed E-state index contributed by atoms with van der Waals surface area (Å²) in [7, 11) is 2.29. The molecule has 0 aromatic carbocycles. The minimum atomic E-state index is -3.74. The van der Waals surface area contributed by atoms with E-state index in [-0.39, 0.29) is 13.0 Å². The van der Waals surface area contributed by atoms with Crippen LogP contribution in [0.1, 0.15) is 90.4 Å². The van der Waals surface area contributed by atoms with E-state index in [1.807, 2.05) is 21.1 Å². The standard InChI is InChI=1S/C23H46NO4P/c1-5-6-7-8-9-10-11-12-13-14-15-16-17-18-23(19-21-25)29(26,27)28-22-20-24(2,3)4/h12-13,21,23H,5-11,14-20,22H2,1-4H3/p+1/b13-12-. The summed E-state index contributed by atoms with van der Waals surface area (Å²) in [5.74, 6) is 0. The number of likely N-dealkylation sites (N-methyl/N-ethyl adjacent to an activating group) is 1. The second kappa shape index (κ2) is 17.2. The van der Waals surface area contributed by atoms with Crippen molar-refractivity contribution in [1.82, 2.24) is 0 Å². The fraction of sp³-hybridized carbons (Fsp3) is 0.870. The van der Waals surface area contributed by atoms with Crippen molar-refractivity contribution in [3.63, 3.8) is 0 Å². The number of allylic oxidation sites excluding steroid dienone is 2. The van der Waals surface area contributed by atoms with Gasteiger partial charge in [-0.05, 0) is 32.1 Å². The van der Waals surface area contributed by atoms with Crippen molar-refractivity contribution in [3.05, 3.63) is 12.2 Å². The van der Waals surface area contributed by atoms with Gasteiger partial charge in [0.05, 0.1) is 26.8 Å². The van der Waals surface area contributed by atoms with Crippen LogP contribution in [-0.2, 0) is 13.9 Å². The van der Waals surface area contributed by atoms with E-state index in [1.165, 1.54) is 44.9 Å². The smallest absolute Gasteiger partial charge is 0.329 e. The Bertz CT molecular complexity index is 474. The molecule has 5 nitrogen and oxygen atoms in total. The van der Waals surface area contributed by atoms with Crippen LogP contribution in [0.15, 0.2) is 12.2 Å². The first-order valence-corrected chi connectivity index (χ1v) is 13.2. The number of nitrogens with zero attached hydrogens (tertiary/aromatic N) is 1. The van der Waals surface area contributed by atoms with Crippen LogP contribution in [0.25, 0.3) is 0 Å². The fourth-order valence-electron chi connectivity index (χ4n) is 3.17. The van der Waals surface area contributed by atoms with E-state index in [9.17, 15) is 14.3 Å². The van der Waals surface area contributed by atoms with E-state index in [4.69, 9.17) is 4.52 Å². The molecule has 0 fully saturated rings. The summed E-state index contributed by atoms with van der Waals surface area (Å²) in [5.41, 5.74) is -0.573. The maximum Gasteiger partial charge on any atom is 0.331 e. The van der Waals surface area contributed by atoms with Crippen molar-refractivity contribution in [2.24, 2.45) is 0 Å². The molecule has 0 aromatic rings. The highest BCUT2D eigenvalue weighted by atomic mass is 31.2. The zero-order valence-corrected chi connectivity index (χ0v) is 20.4. The lowest BCUT2D eigenvalue weighted by atomic mass is 10.1. The summed E-state index contributed by atoms with van der Waals surface area (Å²) in [6.07, 6.45) is 19.1. The number of carbonyl (C=O) groups is 1. The molecule has 2 unspecified atom stereocenters. The summed E-state index contributed by atoms with van der Waals surface area (Å²) in [4.78, 5) is 21.2. The second-order valence-electron chi connectivity index (χ2n) is 9.13. The number of aldehydes is 1. The van der Waals surface area contributed by atoms with Gasteiger partial charge in [-0.2, -0.15) is 0 Å². The molecular weight excluding hydrogens is 385 g/mol. The first kappa shape index (κ1) is 28.5. The van der Waals surface area contributed by atoms with Crippen LogP contribution >= 0.6 is 7.60 Å². The van der Waals surface area contributed by atoms with E-state index < -0.39 is 13.3 Å². The molecule has 6 heteroatoms. The third-order valence-corrected chi connectivity index (χ3v) is 7.11. The molecule has 29 heavy (non-hydrogen) atoms. The molecule has 0 aliphatic carbocycles. The average molecular weight is 433 g/mol. The molecule has 0 bridgehead atoms. The Morgan fingerprint density at radius 2 is 1.48 bits per heavy atom. The van der Waals surface area contributed by atoms with E-state index >= 15 is 0 Å². The molecule has 172 valence electrons. The molecule has 0 saturated carbocycles. The number of rotatable bonds is 20. The average Bonchev–Trinajstić information content (AvgIpc) is 2.63. The van der Waals surface area contributed by atoms with Crippen molar-refractivity contribution in [1.29, 1.82) is 0 Å². The Morgan fingerprint density at radius 3 is 2.03 bits per heavy atom. The van der Waals surface area contributed by atoms with Gasteiger partial charge in [0, 0.05) is 6.42 Å². The lowest BCUT2D eigenvalue weighted by molar-refractivity contribution is -0.870. The Labute approximate surface area is 180 Å². The van der Waals surface area contributed by atoms with Crippen molar-refractivity contribution in [3.8, 4) is 0 Å². The Balaban J connectivity index is 3.92. The summed E-state index contributed by atoms with van der Waals surface area (Å²) in [6.45, 7) is 3.13. The van der Waals surface area contributed by atoms with Crippen LogP contribution in [0, 0.1) is 0 Å². The van der Waals surface area contributed by atoms with Gasteiger partial charge in [0.1, 0.15) is 19.4 Å². The number of carbonyl (C=O) groups excluding carboxylic acids is 1. The molecule has 0 saturated heterocycles. The monoisotopic (exact) mass is 432 g/mol. The molecule has 0 aromatic heterocycles. The normalized spacial score (nSPS) is 15.5. The number of hydrogen-bond acceptors (Lipinski definition) is 3. The highest BCUT2D eigenvalue weighted by Crippen LogP contribution is 2.50. The van der Waals surface area contributed by atoms with Gasteiger partial charge in [0.15, 0.2) is 0 Å². The lowest BCUT2D eigenvalue weighted by Gasteiger charge is -2.26. The van der Waals surface area contributed by atoms with E-state index in [0.29, 0.717) is 17.4 Å². The van der Waals surface area contributed by atoms with Gasteiger partial charge >= 0.3 is 7.60 Å². The predicted octanol–water partition coefficient (Wildman–Crippen LogP) is 6.11. The van der Waals surface area contributed by atoms with Crippen LogP contribution in [0.4, 0.5) is 0 Å². The van der Waals surface area contributed by atoms with Crippen molar-refractivity contribution < 1.29 is 23.3 Å². The quantitative estimate of drug-likeness (QED) is 0.0829. The fourth-order valence-corrected chi connectivity index (χ4v) is 4.59. The van der Waals surface area contributed by atoms with Crippen LogP contribution in [0.2, 0.25) is 0 Å². The van der Waals surface area contributed by atoms with Crippen molar-refractivity contribution in [2.75, 3.05) is 34.3 Å². The highest BCUT2D eigenvalue weighted by molar-refractivity contribution is 7.53. The molecular formula is C23H47NO4P+. The minimum Gasteiger partial charge on any atom is -0.329 e. The van der Waals surface area contributed by atoms with Crippen LogP contribution in [0.3, 0.4) is 0 Å². The maximum atomic E-state index is 12.5. The van der Waals surface area contributed by atoms with Gasteiger partial charge in [0.25, 0.3) is 0 Å².